The highest BCUT2D eigenvalue weighted by Gasteiger charge is 2.24. The minimum Gasteiger partial charge on any atom is -0.358 e. The van der Waals surface area contributed by atoms with Crippen molar-refractivity contribution in [3.05, 3.63) is 35.0 Å². The maximum absolute atomic E-state index is 13.7. The van der Waals surface area contributed by atoms with Crippen LogP contribution in [0, 0.1) is 5.82 Å². The van der Waals surface area contributed by atoms with E-state index < -0.39 is 0 Å². The zero-order chi connectivity index (χ0) is 16.4. The van der Waals surface area contributed by atoms with Crippen molar-refractivity contribution in [2.45, 2.75) is 0 Å². The third-order valence-electron chi connectivity index (χ3n) is 4.02. The monoisotopic (exact) mass is 335 g/mol. The minimum absolute atomic E-state index is 0.0234. The molecule has 3 rings (SSSR count). The Morgan fingerprint density at radius 3 is 2.65 bits per heavy atom. The Hall–Kier alpha value is -1.99. The van der Waals surface area contributed by atoms with Crippen LogP contribution in [0.15, 0.2) is 24.3 Å². The van der Waals surface area contributed by atoms with E-state index in [1.165, 1.54) is 17.4 Å². The summed E-state index contributed by atoms with van der Waals surface area (Å²) in [5, 5.41) is 3.10. The first-order valence-corrected chi connectivity index (χ1v) is 8.30. The normalized spacial score (nSPS) is 15.8. The number of thiophene rings is 1. The molecule has 0 bridgehead atoms. The van der Waals surface area contributed by atoms with Gasteiger partial charge < -0.3 is 10.2 Å². The number of amides is 2. The first-order chi connectivity index (χ1) is 11.1. The Morgan fingerprint density at radius 2 is 2.00 bits per heavy atom. The lowest BCUT2D eigenvalue weighted by atomic mass is 10.2. The Kier molecular flexibility index (Phi) is 4.58. The summed E-state index contributed by atoms with van der Waals surface area (Å²) in [5.41, 5.74) is 0. The van der Waals surface area contributed by atoms with Crippen LogP contribution in [0.25, 0.3) is 10.1 Å². The highest BCUT2D eigenvalue weighted by molar-refractivity contribution is 7.20. The lowest BCUT2D eigenvalue weighted by Gasteiger charge is -2.34. The molecule has 1 aliphatic heterocycles. The third-order valence-corrected chi connectivity index (χ3v) is 5.11. The fraction of sp³-hybridized carbons (Fsp3) is 0.375. The van der Waals surface area contributed by atoms with E-state index in [-0.39, 0.29) is 17.6 Å². The van der Waals surface area contributed by atoms with Crippen LogP contribution in [0.3, 0.4) is 0 Å². The van der Waals surface area contributed by atoms with Gasteiger partial charge in [-0.2, -0.15) is 0 Å². The van der Waals surface area contributed by atoms with E-state index in [2.05, 4.69) is 5.32 Å². The molecule has 5 nitrogen and oxygen atoms in total. The predicted octanol–water partition coefficient (Wildman–Crippen LogP) is 1.54. The van der Waals surface area contributed by atoms with E-state index in [1.807, 2.05) is 11.0 Å². The SMILES string of the molecule is CNC(=O)CN1CCN(C(=O)c2cc3c(F)cccc3s2)CC1. The van der Waals surface area contributed by atoms with Crippen LogP contribution >= 0.6 is 11.3 Å². The molecule has 0 aliphatic carbocycles. The fourth-order valence-electron chi connectivity index (χ4n) is 2.68. The lowest BCUT2D eigenvalue weighted by Crippen LogP contribution is -2.50. The van der Waals surface area contributed by atoms with Crippen LogP contribution in [0.4, 0.5) is 4.39 Å². The molecular formula is C16H18FN3O2S. The quantitative estimate of drug-likeness (QED) is 0.926. The summed E-state index contributed by atoms with van der Waals surface area (Å²) in [6.45, 7) is 2.84. The molecule has 1 fully saturated rings. The predicted molar refractivity (Wildman–Crippen MR) is 88.2 cm³/mol. The van der Waals surface area contributed by atoms with Crippen LogP contribution in [-0.2, 0) is 4.79 Å². The fourth-order valence-corrected chi connectivity index (χ4v) is 3.72. The van der Waals surface area contributed by atoms with E-state index in [4.69, 9.17) is 0 Å². The van der Waals surface area contributed by atoms with Crippen molar-refractivity contribution in [1.82, 2.24) is 15.1 Å². The second-order valence-electron chi connectivity index (χ2n) is 5.50. The number of halogens is 1. The smallest absolute Gasteiger partial charge is 0.264 e. The third kappa shape index (κ3) is 3.35. The van der Waals surface area contributed by atoms with Gasteiger partial charge in [-0.3, -0.25) is 14.5 Å². The average Bonchev–Trinajstić information content (AvgIpc) is 3.00. The molecule has 0 spiro atoms. The maximum atomic E-state index is 13.7. The Bertz CT molecular complexity index is 738. The number of fused-ring (bicyclic) bond motifs is 1. The molecule has 2 aromatic rings. The number of hydrogen-bond donors (Lipinski definition) is 1. The summed E-state index contributed by atoms with van der Waals surface area (Å²) < 4.78 is 14.5. The molecule has 1 aromatic heterocycles. The number of nitrogens with zero attached hydrogens (tertiary/aromatic N) is 2. The van der Waals surface area contributed by atoms with Crippen LogP contribution < -0.4 is 5.32 Å². The van der Waals surface area contributed by atoms with E-state index >= 15 is 0 Å². The Balaban J connectivity index is 1.67. The Labute approximate surface area is 137 Å². The molecule has 2 heterocycles. The van der Waals surface area contributed by atoms with Gasteiger partial charge in [0.2, 0.25) is 5.91 Å². The molecule has 1 aromatic carbocycles. The molecule has 0 unspecified atom stereocenters. The van der Waals surface area contributed by atoms with E-state index in [0.717, 1.165) is 4.70 Å². The molecule has 0 radical (unpaired) electrons. The van der Waals surface area contributed by atoms with Crippen molar-refractivity contribution in [3.8, 4) is 0 Å². The molecule has 23 heavy (non-hydrogen) atoms. The first kappa shape index (κ1) is 15.9. The van der Waals surface area contributed by atoms with Crippen molar-refractivity contribution in [3.63, 3.8) is 0 Å². The zero-order valence-electron chi connectivity index (χ0n) is 12.8. The van der Waals surface area contributed by atoms with Crippen LogP contribution in [0.2, 0.25) is 0 Å². The van der Waals surface area contributed by atoms with Gasteiger partial charge in [0.05, 0.1) is 11.4 Å². The van der Waals surface area contributed by atoms with Gasteiger partial charge in [0, 0.05) is 43.3 Å². The van der Waals surface area contributed by atoms with Crippen LogP contribution in [-0.4, -0.2) is 61.4 Å². The lowest BCUT2D eigenvalue weighted by molar-refractivity contribution is -0.122. The molecule has 0 saturated carbocycles. The molecule has 2 amide bonds. The second kappa shape index (κ2) is 6.64. The number of piperazine rings is 1. The van der Waals surface area contributed by atoms with Gasteiger partial charge in [-0.25, -0.2) is 4.39 Å². The van der Waals surface area contributed by atoms with Crippen molar-refractivity contribution in [2.24, 2.45) is 0 Å². The molecule has 7 heteroatoms. The van der Waals surface area contributed by atoms with E-state index in [1.54, 1.807) is 24.1 Å². The number of carbonyl (C=O) groups excluding carboxylic acids is 2. The van der Waals surface area contributed by atoms with E-state index in [9.17, 15) is 14.0 Å². The van der Waals surface area contributed by atoms with Gasteiger partial charge in [0.25, 0.3) is 5.91 Å². The van der Waals surface area contributed by atoms with Gasteiger partial charge >= 0.3 is 0 Å². The molecule has 1 aliphatic rings. The zero-order valence-corrected chi connectivity index (χ0v) is 13.7. The summed E-state index contributed by atoms with van der Waals surface area (Å²) in [7, 11) is 1.61. The standard InChI is InChI=1S/C16H18FN3O2S/c1-18-15(21)10-19-5-7-20(8-6-19)16(22)14-9-11-12(17)3-2-4-13(11)23-14/h2-4,9H,5-8,10H2,1H3,(H,18,21). The van der Waals surface area contributed by atoms with Crippen LogP contribution in [0.1, 0.15) is 9.67 Å². The van der Waals surface area contributed by atoms with Gasteiger partial charge in [-0.15, -0.1) is 11.3 Å². The molecule has 1 N–H and O–H groups in total. The van der Waals surface area contributed by atoms with Gasteiger partial charge in [0.1, 0.15) is 5.82 Å². The topological polar surface area (TPSA) is 52.7 Å². The van der Waals surface area contributed by atoms with Crippen LogP contribution in [0.5, 0.6) is 0 Å². The minimum atomic E-state index is -0.298. The second-order valence-corrected chi connectivity index (χ2v) is 6.59. The van der Waals surface area contributed by atoms with Crippen molar-refractivity contribution < 1.29 is 14.0 Å². The van der Waals surface area contributed by atoms with Crippen molar-refractivity contribution in [2.75, 3.05) is 39.8 Å². The molecule has 0 atom stereocenters. The summed E-state index contributed by atoms with van der Waals surface area (Å²) in [4.78, 5) is 28.3. The number of nitrogens with one attached hydrogen (secondary N) is 1. The average molecular weight is 335 g/mol. The number of likely N-dealkylation sites (N-methyl/N-ethyl adjacent to an activating group) is 1. The summed E-state index contributed by atoms with van der Waals surface area (Å²) in [6.07, 6.45) is 0. The molecule has 122 valence electrons. The van der Waals surface area contributed by atoms with E-state index in [0.29, 0.717) is 43.0 Å². The largest absolute Gasteiger partial charge is 0.358 e. The maximum Gasteiger partial charge on any atom is 0.264 e. The highest BCUT2D eigenvalue weighted by Crippen LogP contribution is 2.28. The summed E-state index contributed by atoms with van der Waals surface area (Å²) in [6, 6.07) is 6.51. The number of rotatable bonds is 3. The van der Waals surface area contributed by atoms with Gasteiger partial charge in [-0.05, 0) is 18.2 Å². The summed E-state index contributed by atoms with van der Waals surface area (Å²) in [5.74, 6) is -0.386. The van der Waals surface area contributed by atoms with Gasteiger partial charge in [-0.1, -0.05) is 6.07 Å². The molecule has 1 saturated heterocycles. The van der Waals surface area contributed by atoms with Crippen molar-refractivity contribution >= 4 is 33.2 Å². The number of benzene rings is 1. The first-order valence-electron chi connectivity index (χ1n) is 7.49. The number of carbonyl (C=O) groups is 2. The van der Waals surface area contributed by atoms with Crippen molar-refractivity contribution in [1.29, 1.82) is 0 Å². The highest BCUT2D eigenvalue weighted by atomic mass is 32.1. The molecular weight excluding hydrogens is 317 g/mol. The van der Waals surface area contributed by atoms with Gasteiger partial charge in [0.15, 0.2) is 0 Å². The summed E-state index contributed by atoms with van der Waals surface area (Å²) >= 11 is 1.32. The Morgan fingerprint density at radius 1 is 1.26 bits per heavy atom. The number of hydrogen-bond acceptors (Lipinski definition) is 4.